The molecule has 130 valence electrons. The lowest BCUT2D eigenvalue weighted by atomic mass is 10.1. The molecule has 4 nitrogen and oxygen atoms in total. The second-order valence-corrected chi connectivity index (χ2v) is 6.75. The molecule has 0 saturated carbocycles. The van der Waals surface area contributed by atoms with E-state index in [9.17, 15) is 5.11 Å². The zero-order valence-corrected chi connectivity index (χ0v) is 15.3. The lowest BCUT2D eigenvalue weighted by Gasteiger charge is -2.14. The second-order valence-electron chi connectivity index (χ2n) is 5.80. The number of hydrogen-bond acceptors (Lipinski definition) is 4. The van der Waals surface area contributed by atoms with Crippen LogP contribution in [0.5, 0.6) is 5.75 Å². The predicted octanol–water partition coefficient (Wildman–Crippen LogP) is 4.03. The van der Waals surface area contributed by atoms with Crippen molar-refractivity contribution in [2.24, 2.45) is 0 Å². The standard InChI is InChI=1S/C20H22N2O2S/c1-15-7-3-4-9-17(15)14-25-20-21-11-18(13-23)22(20)12-16-8-5-6-10-19(16)24-2/h3-11,23H,12-14H2,1-2H3. The third-order valence-corrected chi connectivity index (χ3v) is 5.24. The monoisotopic (exact) mass is 354 g/mol. The summed E-state index contributed by atoms with van der Waals surface area (Å²) in [6.07, 6.45) is 1.75. The predicted molar refractivity (Wildman–Crippen MR) is 101 cm³/mol. The highest BCUT2D eigenvalue weighted by Crippen LogP contribution is 2.27. The molecule has 0 unspecified atom stereocenters. The van der Waals surface area contributed by atoms with Gasteiger partial charge in [-0.1, -0.05) is 54.2 Å². The van der Waals surface area contributed by atoms with E-state index in [4.69, 9.17) is 4.74 Å². The van der Waals surface area contributed by atoms with Gasteiger partial charge in [0.15, 0.2) is 5.16 Å². The Morgan fingerprint density at radius 3 is 2.52 bits per heavy atom. The first-order valence-electron chi connectivity index (χ1n) is 8.17. The average molecular weight is 354 g/mol. The number of aryl methyl sites for hydroxylation is 1. The van der Waals surface area contributed by atoms with Gasteiger partial charge < -0.3 is 14.4 Å². The van der Waals surface area contributed by atoms with Gasteiger partial charge in [-0.15, -0.1) is 0 Å². The quantitative estimate of drug-likeness (QED) is 0.651. The Kier molecular flexibility index (Phi) is 5.79. The summed E-state index contributed by atoms with van der Waals surface area (Å²) in [5.41, 5.74) is 4.44. The van der Waals surface area contributed by atoms with Crippen LogP contribution in [0.3, 0.4) is 0 Å². The van der Waals surface area contributed by atoms with Crippen LogP contribution in [0, 0.1) is 6.92 Å². The molecule has 3 aromatic rings. The molecule has 25 heavy (non-hydrogen) atoms. The van der Waals surface area contributed by atoms with Crippen molar-refractivity contribution >= 4 is 11.8 Å². The third-order valence-electron chi connectivity index (χ3n) is 4.20. The third kappa shape index (κ3) is 4.06. The van der Waals surface area contributed by atoms with Gasteiger partial charge >= 0.3 is 0 Å². The summed E-state index contributed by atoms with van der Waals surface area (Å²) in [5, 5.41) is 10.6. The van der Waals surface area contributed by atoms with Crippen molar-refractivity contribution in [2.75, 3.05) is 7.11 Å². The van der Waals surface area contributed by atoms with Crippen molar-refractivity contribution in [3.63, 3.8) is 0 Å². The lowest BCUT2D eigenvalue weighted by molar-refractivity contribution is 0.270. The Balaban J connectivity index is 1.84. The first-order valence-corrected chi connectivity index (χ1v) is 9.16. The van der Waals surface area contributed by atoms with Gasteiger partial charge in [-0.2, -0.15) is 0 Å². The summed E-state index contributed by atoms with van der Waals surface area (Å²) in [6, 6.07) is 16.3. The van der Waals surface area contributed by atoms with Crippen molar-refractivity contribution in [1.29, 1.82) is 0 Å². The number of aromatic nitrogens is 2. The van der Waals surface area contributed by atoms with Crippen molar-refractivity contribution in [3.8, 4) is 5.75 Å². The van der Waals surface area contributed by atoms with E-state index in [2.05, 4.69) is 40.7 Å². The summed E-state index contributed by atoms with van der Waals surface area (Å²) in [7, 11) is 1.67. The molecule has 0 radical (unpaired) electrons. The van der Waals surface area contributed by atoms with Crippen LogP contribution < -0.4 is 4.74 Å². The van der Waals surface area contributed by atoms with E-state index in [0.717, 1.165) is 27.9 Å². The maximum absolute atomic E-state index is 9.66. The Labute approximate surface area is 152 Å². The Morgan fingerprint density at radius 2 is 1.80 bits per heavy atom. The summed E-state index contributed by atoms with van der Waals surface area (Å²) >= 11 is 1.68. The van der Waals surface area contributed by atoms with Crippen LogP contribution in [0.2, 0.25) is 0 Å². The highest BCUT2D eigenvalue weighted by Gasteiger charge is 2.13. The number of hydrogen-bond donors (Lipinski definition) is 1. The average Bonchev–Trinajstić information content (AvgIpc) is 3.03. The molecule has 0 aliphatic rings. The molecule has 0 aliphatic carbocycles. The van der Waals surface area contributed by atoms with Gasteiger partial charge in [-0.25, -0.2) is 4.98 Å². The summed E-state index contributed by atoms with van der Waals surface area (Å²) in [6.45, 7) is 2.71. The summed E-state index contributed by atoms with van der Waals surface area (Å²) in [5.74, 6) is 1.69. The van der Waals surface area contributed by atoms with Gasteiger partial charge in [0.2, 0.25) is 0 Å². The zero-order chi connectivity index (χ0) is 17.6. The first kappa shape index (κ1) is 17.6. The molecule has 1 aromatic heterocycles. The summed E-state index contributed by atoms with van der Waals surface area (Å²) in [4.78, 5) is 4.51. The van der Waals surface area contributed by atoms with Gasteiger partial charge in [-0.05, 0) is 24.1 Å². The first-order chi connectivity index (χ1) is 12.2. The fourth-order valence-corrected chi connectivity index (χ4v) is 3.79. The van der Waals surface area contributed by atoms with Crippen LogP contribution >= 0.6 is 11.8 Å². The van der Waals surface area contributed by atoms with Gasteiger partial charge in [0.1, 0.15) is 5.75 Å². The zero-order valence-electron chi connectivity index (χ0n) is 14.5. The molecule has 2 aromatic carbocycles. The molecule has 1 heterocycles. The Hall–Kier alpha value is -2.24. The topological polar surface area (TPSA) is 47.3 Å². The van der Waals surface area contributed by atoms with E-state index in [0.29, 0.717) is 6.54 Å². The van der Waals surface area contributed by atoms with Crippen LogP contribution in [-0.4, -0.2) is 21.8 Å². The van der Waals surface area contributed by atoms with Gasteiger partial charge in [0.05, 0.1) is 32.2 Å². The largest absolute Gasteiger partial charge is 0.496 e. The van der Waals surface area contributed by atoms with Crippen LogP contribution in [0.1, 0.15) is 22.4 Å². The number of aliphatic hydroxyl groups is 1. The molecule has 5 heteroatoms. The molecule has 0 spiro atoms. The molecule has 0 amide bonds. The van der Waals surface area contributed by atoms with Gasteiger partial charge in [-0.3, -0.25) is 0 Å². The van der Waals surface area contributed by atoms with Crippen LogP contribution in [-0.2, 0) is 18.9 Å². The van der Waals surface area contributed by atoms with E-state index in [1.54, 1.807) is 25.1 Å². The Morgan fingerprint density at radius 1 is 1.08 bits per heavy atom. The number of ether oxygens (including phenoxy) is 1. The van der Waals surface area contributed by atoms with Crippen LogP contribution in [0.15, 0.2) is 59.9 Å². The van der Waals surface area contributed by atoms with E-state index < -0.39 is 0 Å². The van der Waals surface area contributed by atoms with E-state index in [1.165, 1.54) is 11.1 Å². The number of nitrogens with zero attached hydrogens (tertiary/aromatic N) is 2. The number of imidazole rings is 1. The van der Waals surface area contributed by atoms with E-state index in [-0.39, 0.29) is 6.61 Å². The molecule has 0 fully saturated rings. The highest BCUT2D eigenvalue weighted by molar-refractivity contribution is 7.98. The molecule has 1 N–H and O–H groups in total. The smallest absolute Gasteiger partial charge is 0.168 e. The van der Waals surface area contributed by atoms with Crippen molar-refractivity contribution in [3.05, 3.63) is 77.1 Å². The number of rotatable bonds is 7. The molecular formula is C20H22N2O2S. The highest BCUT2D eigenvalue weighted by atomic mass is 32.2. The lowest BCUT2D eigenvalue weighted by Crippen LogP contribution is -2.07. The molecule has 0 aliphatic heterocycles. The van der Waals surface area contributed by atoms with Gasteiger partial charge in [0, 0.05) is 11.3 Å². The van der Waals surface area contributed by atoms with Crippen molar-refractivity contribution < 1.29 is 9.84 Å². The minimum atomic E-state index is -0.0346. The maximum atomic E-state index is 9.66. The number of aliphatic hydroxyl groups excluding tert-OH is 1. The van der Waals surface area contributed by atoms with Crippen LogP contribution in [0.4, 0.5) is 0 Å². The van der Waals surface area contributed by atoms with E-state index >= 15 is 0 Å². The fourth-order valence-electron chi connectivity index (χ4n) is 2.72. The van der Waals surface area contributed by atoms with Gasteiger partial charge in [0.25, 0.3) is 0 Å². The number of benzene rings is 2. The number of thioether (sulfide) groups is 1. The minimum absolute atomic E-state index is 0.0346. The minimum Gasteiger partial charge on any atom is -0.496 e. The molecular weight excluding hydrogens is 332 g/mol. The molecule has 0 bridgehead atoms. The fraction of sp³-hybridized carbons (Fsp3) is 0.250. The number of para-hydroxylation sites is 1. The number of methoxy groups -OCH3 is 1. The molecule has 3 rings (SSSR count). The molecule has 0 atom stereocenters. The summed E-state index contributed by atoms with van der Waals surface area (Å²) < 4.78 is 7.51. The van der Waals surface area contributed by atoms with Crippen LogP contribution in [0.25, 0.3) is 0 Å². The second kappa shape index (κ2) is 8.23. The normalized spacial score (nSPS) is 10.8. The SMILES string of the molecule is COc1ccccc1Cn1c(CO)cnc1SCc1ccccc1C. The van der Waals surface area contributed by atoms with Crippen molar-refractivity contribution in [1.82, 2.24) is 9.55 Å². The molecule has 0 saturated heterocycles. The maximum Gasteiger partial charge on any atom is 0.168 e. The Bertz CT molecular complexity index is 845. The van der Waals surface area contributed by atoms with E-state index in [1.807, 2.05) is 24.3 Å². The van der Waals surface area contributed by atoms with Crippen molar-refractivity contribution in [2.45, 2.75) is 31.0 Å².